The number of rotatable bonds is 5. The van der Waals surface area contributed by atoms with Gasteiger partial charge < -0.3 is 9.26 Å². The lowest BCUT2D eigenvalue weighted by Crippen LogP contribution is -2.30. The largest absolute Gasteiger partial charge is 0.367 e. The molecule has 1 fully saturated rings. The van der Waals surface area contributed by atoms with Gasteiger partial charge in [-0.05, 0) is 26.2 Å². The van der Waals surface area contributed by atoms with Crippen molar-refractivity contribution in [2.75, 3.05) is 6.61 Å². The lowest BCUT2D eigenvalue weighted by atomic mass is 9.93. The van der Waals surface area contributed by atoms with Gasteiger partial charge in [0.25, 0.3) is 0 Å². The third-order valence-corrected chi connectivity index (χ3v) is 4.85. The first kappa shape index (κ1) is 15.0. The van der Waals surface area contributed by atoms with E-state index in [0.29, 0.717) is 12.5 Å². The number of halogens is 1. The van der Waals surface area contributed by atoms with Gasteiger partial charge >= 0.3 is 0 Å². The Morgan fingerprint density at radius 3 is 2.53 bits per heavy atom. The van der Waals surface area contributed by atoms with Gasteiger partial charge in [-0.25, -0.2) is 0 Å². The van der Waals surface area contributed by atoms with Gasteiger partial charge in [-0.15, -0.1) is 0 Å². The molecular weight excluding hydrogens is 308 g/mol. The Kier molecular flexibility index (Phi) is 5.39. The van der Waals surface area contributed by atoms with E-state index in [1.807, 2.05) is 6.92 Å². The van der Waals surface area contributed by atoms with Crippen molar-refractivity contribution in [2.45, 2.75) is 69.2 Å². The zero-order chi connectivity index (χ0) is 13.7. The second-order valence-electron chi connectivity index (χ2n) is 5.17. The van der Waals surface area contributed by atoms with Crippen LogP contribution in [0, 0.1) is 0 Å². The molecule has 0 saturated heterocycles. The summed E-state index contributed by atoms with van der Waals surface area (Å²) in [7, 11) is 0. The number of alkyl halides is 1. The first-order chi connectivity index (χ1) is 9.22. The SMILES string of the molecule is CCOC1(c2noc(C(Br)CC)n2)CCCCCC1. The van der Waals surface area contributed by atoms with Gasteiger partial charge in [-0.2, -0.15) is 4.98 Å². The molecular formula is C14H23BrN2O2. The topological polar surface area (TPSA) is 48.2 Å². The third kappa shape index (κ3) is 3.37. The van der Waals surface area contributed by atoms with Gasteiger partial charge in [0.05, 0.1) is 4.83 Å². The van der Waals surface area contributed by atoms with E-state index in [4.69, 9.17) is 9.26 Å². The number of nitrogens with zero attached hydrogens (tertiary/aromatic N) is 2. The molecule has 1 aromatic heterocycles. The number of aromatic nitrogens is 2. The fraction of sp³-hybridized carbons (Fsp3) is 0.857. The van der Waals surface area contributed by atoms with Gasteiger partial charge in [0.2, 0.25) is 11.7 Å². The molecule has 0 aliphatic heterocycles. The average molecular weight is 331 g/mol. The second kappa shape index (κ2) is 6.84. The highest BCUT2D eigenvalue weighted by Gasteiger charge is 2.38. The smallest absolute Gasteiger partial charge is 0.240 e. The summed E-state index contributed by atoms with van der Waals surface area (Å²) in [6.07, 6.45) is 7.83. The van der Waals surface area contributed by atoms with E-state index in [1.165, 1.54) is 25.7 Å². The van der Waals surface area contributed by atoms with Crippen molar-refractivity contribution in [3.63, 3.8) is 0 Å². The number of hydrogen-bond acceptors (Lipinski definition) is 4. The van der Waals surface area contributed by atoms with Gasteiger partial charge in [-0.3, -0.25) is 0 Å². The van der Waals surface area contributed by atoms with Crippen LogP contribution in [-0.2, 0) is 10.3 Å². The zero-order valence-electron chi connectivity index (χ0n) is 11.8. The van der Waals surface area contributed by atoms with Gasteiger partial charge in [0.15, 0.2) is 0 Å². The van der Waals surface area contributed by atoms with Crippen molar-refractivity contribution >= 4 is 15.9 Å². The molecule has 1 unspecified atom stereocenters. The Morgan fingerprint density at radius 2 is 1.95 bits per heavy atom. The lowest BCUT2D eigenvalue weighted by Gasteiger charge is -2.29. The second-order valence-corrected chi connectivity index (χ2v) is 6.28. The standard InChI is InChI=1S/C14H23BrN2O2/c1-3-11(15)12-16-13(17-19-12)14(18-4-2)9-7-5-6-8-10-14/h11H,3-10H2,1-2H3. The van der Waals surface area contributed by atoms with Crippen molar-refractivity contribution in [1.29, 1.82) is 0 Å². The molecule has 19 heavy (non-hydrogen) atoms. The van der Waals surface area contributed by atoms with Crippen molar-refractivity contribution < 1.29 is 9.26 Å². The summed E-state index contributed by atoms with van der Waals surface area (Å²) in [5.41, 5.74) is -0.326. The molecule has 0 amide bonds. The summed E-state index contributed by atoms with van der Waals surface area (Å²) < 4.78 is 11.5. The first-order valence-electron chi connectivity index (χ1n) is 7.34. The van der Waals surface area contributed by atoms with Crippen molar-refractivity contribution in [2.24, 2.45) is 0 Å². The summed E-state index contributed by atoms with van der Waals surface area (Å²) in [5, 5.41) is 4.20. The highest BCUT2D eigenvalue weighted by Crippen LogP contribution is 2.38. The van der Waals surface area contributed by atoms with Crippen LogP contribution in [0.1, 0.15) is 75.3 Å². The quantitative estimate of drug-likeness (QED) is 0.589. The van der Waals surface area contributed by atoms with Gasteiger partial charge in [0, 0.05) is 6.61 Å². The summed E-state index contributed by atoms with van der Waals surface area (Å²) in [5.74, 6) is 1.41. The molecule has 4 nitrogen and oxygen atoms in total. The number of hydrogen-bond donors (Lipinski definition) is 0. The summed E-state index contributed by atoms with van der Waals surface area (Å²) in [6.45, 7) is 4.82. The predicted octanol–water partition coefficient (Wildman–Crippen LogP) is 4.50. The van der Waals surface area contributed by atoms with Crippen LogP contribution >= 0.6 is 15.9 Å². The summed E-state index contributed by atoms with van der Waals surface area (Å²) in [4.78, 5) is 4.72. The van der Waals surface area contributed by atoms with E-state index >= 15 is 0 Å². The normalized spacial score (nSPS) is 21.0. The van der Waals surface area contributed by atoms with Crippen LogP contribution in [0.15, 0.2) is 4.52 Å². The van der Waals surface area contributed by atoms with E-state index < -0.39 is 0 Å². The molecule has 0 radical (unpaired) electrons. The first-order valence-corrected chi connectivity index (χ1v) is 8.25. The molecule has 0 aromatic carbocycles. The molecule has 2 rings (SSSR count). The van der Waals surface area contributed by atoms with E-state index in [-0.39, 0.29) is 10.4 Å². The minimum Gasteiger partial charge on any atom is -0.367 e. The molecule has 1 heterocycles. The molecule has 5 heteroatoms. The Morgan fingerprint density at radius 1 is 1.26 bits per heavy atom. The predicted molar refractivity (Wildman–Crippen MR) is 77.3 cm³/mol. The van der Waals surface area contributed by atoms with Crippen molar-refractivity contribution in [3.05, 3.63) is 11.7 Å². The van der Waals surface area contributed by atoms with Crippen LogP contribution in [0.4, 0.5) is 0 Å². The van der Waals surface area contributed by atoms with Crippen LogP contribution < -0.4 is 0 Å². The van der Waals surface area contributed by atoms with Crippen LogP contribution in [0.25, 0.3) is 0 Å². The summed E-state index contributed by atoms with van der Waals surface area (Å²) >= 11 is 3.56. The van der Waals surface area contributed by atoms with Crippen LogP contribution in [-0.4, -0.2) is 16.7 Å². The average Bonchev–Trinajstić information content (AvgIpc) is 2.81. The van der Waals surface area contributed by atoms with E-state index in [0.717, 1.165) is 25.1 Å². The molecule has 1 aromatic rings. The maximum Gasteiger partial charge on any atom is 0.240 e. The Hall–Kier alpha value is -0.420. The number of ether oxygens (including phenoxy) is 1. The Bertz CT molecular complexity index is 387. The Balaban J connectivity index is 2.24. The van der Waals surface area contributed by atoms with E-state index in [2.05, 4.69) is 33.0 Å². The fourth-order valence-electron chi connectivity index (χ4n) is 2.73. The lowest BCUT2D eigenvalue weighted by molar-refractivity contribution is -0.0636. The van der Waals surface area contributed by atoms with Crippen molar-refractivity contribution in [1.82, 2.24) is 10.1 Å². The highest BCUT2D eigenvalue weighted by molar-refractivity contribution is 9.09. The maximum absolute atomic E-state index is 6.06. The van der Waals surface area contributed by atoms with Crippen LogP contribution in [0.5, 0.6) is 0 Å². The van der Waals surface area contributed by atoms with E-state index in [9.17, 15) is 0 Å². The van der Waals surface area contributed by atoms with Crippen molar-refractivity contribution in [3.8, 4) is 0 Å². The molecule has 1 saturated carbocycles. The third-order valence-electron chi connectivity index (χ3n) is 3.81. The molecule has 1 aliphatic carbocycles. The molecule has 0 spiro atoms. The zero-order valence-corrected chi connectivity index (χ0v) is 13.4. The monoisotopic (exact) mass is 330 g/mol. The molecule has 0 bridgehead atoms. The highest BCUT2D eigenvalue weighted by atomic mass is 79.9. The minimum absolute atomic E-state index is 0.137. The van der Waals surface area contributed by atoms with Gasteiger partial charge in [-0.1, -0.05) is 53.7 Å². The Labute approximate surface area is 123 Å². The van der Waals surface area contributed by atoms with Crippen LogP contribution in [0.2, 0.25) is 0 Å². The minimum atomic E-state index is -0.326. The molecule has 0 N–H and O–H groups in total. The molecule has 1 aliphatic rings. The van der Waals surface area contributed by atoms with Gasteiger partial charge in [0.1, 0.15) is 5.60 Å². The molecule has 108 valence electrons. The van der Waals surface area contributed by atoms with Crippen LogP contribution in [0.3, 0.4) is 0 Å². The summed E-state index contributed by atoms with van der Waals surface area (Å²) in [6, 6.07) is 0. The van der Waals surface area contributed by atoms with E-state index in [1.54, 1.807) is 0 Å². The fourth-order valence-corrected chi connectivity index (χ4v) is 2.92. The maximum atomic E-state index is 6.06. The molecule has 1 atom stereocenters.